The first-order valence-corrected chi connectivity index (χ1v) is 11.1. The quantitative estimate of drug-likeness (QED) is 0.420. The van der Waals surface area contributed by atoms with E-state index < -0.39 is 0 Å². The van der Waals surface area contributed by atoms with Gasteiger partial charge in [-0.05, 0) is 43.6 Å². The molecule has 3 aromatic rings. The third kappa shape index (κ3) is 4.97. The summed E-state index contributed by atoms with van der Waals surface area (Å²) in [6.45, 7) is 3.77. The van der Waals surface area contributed by atoms with Gasteiger partial charge in [-0.3, -0.25) is 9.69 Å². The van der Waals surface area contributed by atoms with Gasteiger partial charge in [-0.15, -0.1) is 10.2 Å². The lowest BCUT2D eigenvalue weighted by Gasteiger charge is -2.26. The second-order valence-corrected chi connectivity index (χ2v) is 8.47. The summed E-state index contributed by atoms with van der Waals surface area (Å²) in [5, 5.41) is 9.75. The molecule has 0 unspecified atom stereocenters. The van der Waals surface area contributed by atoms with Crippen molar-refractivity contribution in [2.24, 2.45) is 7.05 Å². The van der Waals surface area contributed by atoms with Crippen LogP contribution in [0.15, 0.2) is 53.8 Å². The molecule has 0 aliphatic carbocycles. The summed E-state index contributed by atoms with van der Waals surface area (Å²) in [6, 6.07) is 14.1. The van der Waals surface area contributed by atoms with Gasteiger partial charge in [0.25, 0.3) is 0 Å². The number of aromatic nitrogens is 4. The summed E-state index contributed by atoms with van der Waals surface area (Å²) >= 11 is 1.47. The third-order valence-corrected chi connectivity index (χ3v) is 6.32. The highest BCUT2D eigenvalue weighted by atomic mass is 32.2. The Labute approximate surface area is 175 Å². The molecule has 4 rings (SSSR count). The predicted octanol–water partition coefficient (Wildman–Crippen LogP) is 3.63. The van der Waals surface area contributed by atoms with Crippen molar-refractivity contribution in [2.45, 2.75) is 37.5 Å². The van der Waals surface area contributed by atoms with Crippen LogP contribution in [0.5, 0.6) is 0 Å². The van der Waals surface area contributed by atoms with Crippen LogP contribution < -0.4 is 0 Å². The second kappa shape index (κ2) is 9.41. The van der Waals surface area contributed by atoms with E-state index in [1.54, 1.807) is 0 Å². The highest BCUT2D eigenvalue weighted by Crippen LogP contribution is 2.22. The molecule has 3 heterocycles. The Hall–Kier alpha value is -2.38. The van der Waals surface area contributed by atoms with Gasteiger partial charge in [-0.25, -0.2) is 0 Å². The summed E-state index contributed by atoms with van der Waals surface area (Å²) in [5.74, 6) is 1.44. The lowest BCUT2D eigenvalue weighted by molar-refractivity contribution is 0.101. The summed E-state index contributed by atoms with van der Waals surface area (Å²) < 4.78 is 4.03. The molecule has 152 valence electrons. The molecule has 2 aromatic heterocycles. The van der Waals surface area contributed by atoms with E-state index >= 15 is 0 Å². The molecule has 7 heteroatoms. The molecule has 1 aromatic carbocycles. The van der Waals surface area contributed by atoms with Crippen molar-refractivity contribution in [3.8, 4) is 0 Å². The number of hydrogen-bond acceptors (Lipinski definition) is 5. The zero-order valence-corrected chi connectivity index (χ0v) is 17.6. The molecule has 0 atom stereocenters. The maximum absolute atomic E-state index is 12.6. The van der Waals surface area contributed by atoms with E-state index in [-0.39, 0.29) is 5.78 Å². The Morgan fingerprint density at radius 2 is 1.79 bits per heavy atom. The molecular weight excluding hydrogens is 382 g/mol. The minimum Gasteiger partial charge on any atom is -0.348 e. The topological polar surface area (TPSA) is 56.0 Å². The molecule has 6 nitrogen and oxygen atoms in total. The summed E-state index contributed by atoms with van der Waals surface area (Å²) in [5.41, 5.74) is 1.93. The van der Waals surface area contributed by atoms with E-state index in [2.05, 4.69) is 43.9 Å². The van der Waals surface area contributed by atoms with Gasteiger partial charge in [0, 0.05) is 13.2 Å². The number of hydrogen-bond donors (Lipinski definition) is 0. The van der Waals surface area contributed by atoms with Crippen LogP contribution >= 0.6 is 11.8 Å². The highest BCUT2D eigenvalue weighted by molar-refractivity contribution is 7.99. The van der Waals surface area contributed by atoms with Gasteiger partial charge in [0.15, 0.2) is 10.9 Å². The SMILES string of the molecule is Cn1cccc1C(=O)CSc1nnc(CN2CCCCC2)n1Cc1ccccc1. The molecule has 0 saturated carbocycles. The van der Waals surface area contributed by atoms with E-state index in [1.807, 2.05) is 36.0 Å². The minimum absolute atomic E-state index is 0.106. The minimum atomic E-state index is 0.106. The number of ketones is 1. The van der Waals surface area contributed by atoms with Gasteiger partial charge < -0.3 is 9.13 Å². The molecular formula is C22H27N5OS. The van der Waals surface area contributed by atoms with Crippen LogP contribution in [0, 0.1) is 0 Å². The average molecular weight is 410 g/mol. The molecule has 0 radical (unpaired) electrons. The van der Waals surface area contributed by atoms with Crippen molar-refractivity contribution < 1.29 is 4.79 Å². The number of thioether (sulfide) groups is 1. The molecule has 0 N–H and O–H groups in total. The highest BCUT2D eigenvalue weighted by Gasteiger charge is 2.19. The number of nitrogens with zero attached hydrogens (tertiary/aromatic N) is 5. The van der Waals surface area contributed by atoms with E-state index in [4.69, 9.17) is 0 Å². The molecule has 0 bridgehead atoms. The average Bonchev–Trinajstić information content (AvgIpc) is 3.34. The van der Waals surface area contributed by atoms with Crippen molar-refractivity contribution in [3.63, 3.8) is 0 Å². The molecule has 1 saturated heterocycles. The second-order valence-electron chi connectivity index (χ2n) is 7.52. The first-order valence-electron chi connectivity index (χ1n) is 10.2. The van der Waals surface area contributed by atoms with Crippen molar-refractivity contribution in [1.82, 2.24) is 24.2 Å². The Balaban J connectivity index is 1.52. The van der Waals surface area contributed by atoms with Crippen molar-refractivity contribution in [1.29, 1.82) is 0 Å². The van der Waals surface area contributed by atoms with Crippen LogP contribution in [-0.4, -0.2) is 48.9 Å². The van der Waals surface area contributed by atoms with Gasteiger partial charge >= 0.3 is 0 Å². The number of aryl methyl sites for hydroxylation is 1. The first kappa shape index (κ1) is 19.9. The Bertz CT molecular complexity index is 943. The van der Waals surface area contributed by atoms with Gasteiger partial charge in [0.2, 0.25) is 0 Å². The lowest BCUT2D eigenvalue weighted by atomic mass is 10.1. The zero-order chi connectivity index (χ0) is 20.1. The van der Waals surface area contributed by atoms with Gasteiger partial charge in [-0.2, -0.15) is 0 Å². The van der Waals surface area contributed by atoms with Crippen molar-refractivity contribution in [3.05, 3.63) is 65.7 Å². The molecule has 1 aliphatic heterocycles. The largest absolute Gasteiger partial charge is 0.348 e. The Morgan fingerprint density at radius 3 is 2.52 bits per heavy atom. The predicted molar refractivity (Wildman–Crippen MR) is 115 cm³/mol. The third-order valence-electron chi connectivity index (χ3n) is 5.35. The van der Waals surface area contributed by atoms with Crippen LogP contribution in [0.2, 0.25) is 0 Å². The zero-order valence-electron chi connectivity index (χ0n) is 16.8. The maximum atomic E-state index is 12.6. The number of carbonyl (C=O) groups excluding carboxylic acids is 1. The molecule has 0 spiro atoms. The fraction of sp³-hybridized carbons (Fsp3) is 0.409. The van der Waals surface area contributed by atoms with Gasteiger partial charge in [0.1, 0.15) is 5.82 Å². The first-order chi connectivity index (χ1) is 14.2. The van der Waals surface area contributed by atoms with Crippen LogP contribution in [0.25, 0.3) is 0 Å². The van der Waals surface area contributed by atoms with E-state index in [1.165, 1.54) is 36.6 Å². The summed E-state index contributed by atoms with van der Waals surface area (Å²) in [6.07, 6.45) is 5.71. The number of Topliss-reactive ketones (excluding diaryl/α,β-unsaturated/α-hetero) is 1. The number of benzene rings is 1. The number of carbonyl (C=O) groups is 1. The fourth-order valence-electron chi connectivity index (χ4n) is 3.74. The number of piperidine rings is 1. The van der Waals surface area contributed by atoms with Gasteiger partial charge in [-0.1, -0.05) is 48.5 Å². The molecule has 1 fully saturated rings. The number of likely N-dealkylation sites (tertiary alicyclic amines) is 1. The maximum Gasteiger partial charge on any atom is 0.192 e. The van der Waals surface area contributed by atoms with E-state index in [9.17, 15) is 4.79 Å². The Morgan fingerprint density at radius 1 is 1.00 bits per heavy atom. The molecule has 29 heavy (non-hydrogen) atoms. The van der Waals surface area contributed by atoms with Crippen LogP contribution in [0.3, 0.4) is 0 Å². The molecule has 0 amide bonds. The smallest absolute Gasteiger partial charge is 0.192 e. The van der Waals surface area contributed by atoms with Crippen molar-refractivity contribution >= 4 is 17.5 Å². The van der Waals surface area contributed by atoms with E-state index in [0.29, 0.717) is 5.75 Å². The van der Waals surface area contributed by atoms with E-state index in [0.717, 1.165) is 42.9 Å². The Kier molecular flexibility index (Phi) is 6.46. The van der Waals surface area contributed by atoms with Crippen LogP contribution in [-0.2, 0) is 20.1 Å². The number of rotatable bonds is 8. The lowest BCUT2D eigenvalue weighted by Crippen LogP contribution is -2.30. The molecule has 1 aliphatic rings. The normalized spacial score (nSPS) is 14.9. The fourth-order valence-corrected chi connectivity index (χ4v) is 4.57. The standard InChI is InChI=1S/C22H27N5OS/c1-25-12-8-11-19(25)20(28)17-29-22-24-23-21(16-26-13-6-3-7-14-26)27(22)15-18-9-4-2-5-10-18/h2,4-5,8-12H,3,6-7,13-17H2,1H3. The monoisotopic (exact) mass is 409 g/mol. The van der Waals surface area contributed by atoms with Crippen LogP contribution in [0.1, 0.15) is 41.1 Å². The summed E-state index contributed by atoms with van der Waals surface area (Å²) in [4.78, 5) is 15.0. The van der Waals surface area contributed by atoms with Crippen molar-refractivity contribution in [2.75, 3.05) is 18.8 Å². The van der Waals surface area contributed by atoms with Crippen LogP contribution in [0.4, 0.5) is 0 Å². The summed E-state index contributed by atoms with van der Waals surface area (Å²) in [7, 11) is 1.90. The van der Waals surface area contributed by atoms with Gasteiger partial charge in [0.05, 0.1) is 24.5 Å².